The Morgan fingerprint density at radius 1 is 1.40 bits per heavy atom. The molecule has 0 aliphatic heterocycles. The Morgan fingerprint density at radius 3 is 2.45 bits per heavy atom. The van der Waals surface area contributed by atoms with Gasteiger partial charge in [0.15, 0.2) is 0 Å². The first-order valence-electron chi connectivity index (χ1n) is 5.71. The Hall–Kier alpha value is 0.150. The van der Waals surface area contributed by atoms with Crippen molar-refractivity contribution >= 4 is 50.0 Å². The number of sulfonamides is 1. The van der Waals surface area contributed by atoms with Crippen molar-refractivity contribution in [2.24, 2.45) is 11.1 Å². The average Bonchev–Trinajstić information content (AvgIpc) is 2.31. The van der Waals surface area contributed by atoms with Crippen molar-refractivity contribution in [3.8, 4) is 0 Å². The third-order valence-corrected chi connectivity index (χ3v) is 5.56. The second-order valence-electron chi connectivity index (χ2n) is 5.20. The minimum absolute atomic E-state index is 0. The molecule has 116 valence electrons. The number of rotatable bonds is 5. The van der Waals surface area contributed by atoms with E-state index < -0.39 is 10.0 Å². The zero-order valence-corrected chi connectivity index (χ0v) is 15.5. The molecule has 0 atom stereocenters. The summed E-state index contributed by atoms with van der Waals surface area (Å²) in [5.74, 6) is 0. The molecule has 1 aromatic rings. The average molecular weight is 406 g/mol. The van der Waals surface area contributed by atoms with Crippen LogP contribution in [-0.4, -0.2) is 32.9 Å². The van der Waals surface area contributed by atoms with Gasteiger partial charge in [0.25, 0.3) is 0 Å². The molecular weight excluding hydrogens is 387 g/mol. The van der Waals surface area contributed by atoms with Gasteiger partial charge in [-0.25, -0.2) is 12.7 Å². The first-order chi connectivity index (χ1) is 8.60. The van der Waals surface area contributed by atoms with Gasteiger partial charge in [-0.1, -0.05) is 41.4 Å². The fourth-order valence-corrected chi connectivity index (χ4v) is 3.96. The lowest BCUT2D eigenvalue weighted by Gasteiger charge is -2.28. The van der Waals surface area contributed by atoms with E-state index in [0.717, 1.165) is 0 Å². The van der Waals surface area contributed by atoms with Gasteiger partial charge in [0.1, 0.15) is 4.90 Å². The molecule has 0 unspecified atom stereocenters. The highest BCUT2D eigenvalue weighted by molar-refractivity contribution is 9.10. The van der Waals surface area contributed by atoms with Crippen molar-refractivity contribution in [1.82, 2.24) is 4.31 Å². The summed E-state index contributed by atoms with van der Waals surface area (Å²) in [5, 5.41) is 0.209. The van der Waals surface area contributed by atoms with Crippen molar-refractivity contribution in [3.05, 3.63) is 27.7 Å². The highest BCUT2D eigenvalue weighted by Gasteiger charge is 2.28. The normalized spacial score (nSPS) is 12.3. The SMILES string of the molecule is CN(CC(C)(C)CN)S(=O)(=O)c1cc(Br)ccc1Cl.Cl. The zero-order valence-electron chi connectivity index (χ0n) is 11.6. The van der Waals surface area contributed by atoms with Gasteiger partial charge in [-0.15, -0.1) is 12.4 Å². The largest absolute Gasteiger partial charge is 0.330 e. The Labute approximate surface area is 140 Å². The summed E-state index contributed by atoms with van der Waals surface area (Å²) in [5.41, 5.74) is 5.34. The molecular formula is C12H19BrCl2N2O2S. The van der Waals surface area contributed by atoms with Crippen LogP contribution in [0.15, 0.2) is 27.6 Å². The first kappa shape index (κ1) is 20.1. The Morgan fingerprint density at radius 2 is 1.95 bits per heavy atom. The monoisotopic (exact) mass is 404 g/mol. The first-order valence-corrected chi connectivity index (χ1v) is 8.33. The molecule has 1 rings (SSSR count). The van der Waals surface area contributed by atoms with Crippen LogP contribution in [-0.2, 0) is 10.0 Å². The van der Waals surface area contributed by atoms with E-state index in [-0.39, 0.29) is 27.7 Å². The minimum Gasteiger partial charge on any atom is -0.330 e. The second-order valence-corrected chi connectivity index (χ2v) is 8.54. The van der Waals surface area contributed by atoms with Gasteiger partial charge in [0.05, 0.1) is 5.02 Å². The summed E-state index contributed by atoms with van der Waals surface area (Å²) in [6.07, 6.45) is 0. The predicted octanol–water partition coefficient (Wildman–Crippen LogP) is 3.13. The van der Waals surface area contributed by atoms with E-state index in [1.54, 1.807) is 12.1 Å². The lowest BCUT2D eigenvalue weighted by molar-refractivity contribution is 0.292. The third kappa shape index (κ3) is 4.86. The van der Waals surface area contributed by atoms with E-state index >= 15 is 0 Å². The highest BCUT2D eigenvalue weighted by Crippen LogP contribution is 2.28. The van der Waals surface area contributed by atoms with E-state index in [0.29, 0.717) is 17.6 Å². The molecule has 4 nitrogen and oxygen atoms in total. The predicted molar refractivity (Wildman–Crippen MR) is 89.1 cm³/mol. The Kier molecular flexibility index (Phi) is 7.48. The lowest BCUT2D eigenvalue weighted by atomic mass is 9.94. The zero-order chi connectivity index (χ0) is 14.8. The van der Waals surface area contributed by atoms with E-state index in [9.17, 15) is 8.42 Å². The molecule has 0 fully saturated rings. The van der Waals surface area contributed by atoms with Crippen LogP contribution in [0.1, 0.15) is 13.8 Å². The van der Waals surface area contributed by atoms with Crippen LogP contribution in [0, 0.1) is 5.41 Å². The molecule has 0 saturated heterocycles. The molecule has 0 saturated carbocycles. The molecule has 20 heavy (non-hydrogen) atoms. The van der Waals surface area contributed by atoms with E-state index in [1.807, 2.05) is 13.8 Å². The lowest BCUT2D eigenvalue weighted by Crippen LogP contribution is -2.39. The number of hydrogen-bond donors (Lipinski definition) is 1. The van der Waals surface area contributed by atoms with E-state index in [1.165, 1.54) is 17.4 Å². The van der Waals surface area contributed by atoms with Crippen molar-refractivity contribution < 1.29 is 8.42 Å². The van der Waals surface area contributed by atoms with Crippen LogP contribution in [0.4, 0.5) is 0 Å². The van der Waals surface area contributed by atoms with Crippen LogP contribution >= 0.6 is 39.9 Å². The van der Waals surface area contributed by atoms with Crippen molar-refractivity contribution in [3.63, 3.8) is 0 Å². The van der Waals surface area contributed by atoms with Gasteiger partial charge in [-0.05, 0) is 30.2 Å². The summed E-state index contributed by atoms with van der Waals surface area (Å²) >= 11 is 9.23. The standard InChI is InChI=1S/C12H18BrClN2O2S.ClH/c1-12(2,7-15)8-16(3)19(17,18)11-6-9(13)4-5-10(11)14;/h4-6H,7-8,15H2,1-3H3;1H. The smallest absolute Gasteiger partial charge is 0.244 e. The molecule has 0 aliphatic rings. The summed E-state index contributed by atoms with van der Waals surface area (Å²) in [4.78, 5) is 0.0962. The van der Waals surface area contributed by atoms with Crippen LogP contribution in [0.3, 0.4) is 0 Å². The summed E-state index contributed by atoms with van der Waals surface area (Å²) in [6.45, 7) is 4.57. The van der Waals surface area contributed by atoms with Gasteiger partial charge in [0, 0.05) is 18.1 Å². The summed E-state index contributed by atoms with van der Waals surface area (Å²) in [7, 11) is -2.09. The number of nitrogens with zero attached hydrogens (tertiary/aromatic N) is 1. The Balaban J connectivity index is 0.00000361. The van der Waals surface area contributed by atoms with Crippen LogP contribution < -0.4 is 5.73 Å². The van der Waals surface area contributed by atoms with E-state index in [2.05, 4.69) is 15.9 Å². The van der Waals surface area contributed by atoms with Crippen molar-refractivity contribution in [1.29, 1.82) is 0 Å². The molecule has 0 heterocycles. The maximum atomic E-state index is 12.5. The summed E-state index contributed by atoms with van der Waals surface area (Å²) in [6, 6.07) is 4.76. The maximum absolute atomic E-state index is 12.5. The van der Waals surface area contributed by atoms with Gasteiger partial charge in [0.2, 0.25) is 10.0 Å². The Bertz CT molecular complexity index is 565. The molecule has 2 N–H and O–H groups in total. The minimum atomic E-state index is -3.62. The second kappa shape index (κ2) is 7.42. The van der Waals surface area contributed by atoms with Crippen LogP contribution in [0.2, 0.25) is 5.02 Å². The summed E-state index contributed by atoms with van der Waals surface area (Å²) < 4.78 is 26.9. The highest BCUT2D eigenvalue weighted by atomic mass is 79.9. The van der Waals surface area contributed by atoms with Gasteiger partial charge in [-0.3, -0.25) is 0 Å². The number of nitrogens with two attached hydrogens (primary N) is 1. The molecule has 0 spiro atoms. The number of halogens is 3. The fourth-order valence-electron chi connectivity index (χ4n) is 1.60. The molecule has 0 bridgehead atoms. The quantitative estimate of drug-likeness (QED) is 0.818. The van der Waals surface area contributed by atoms with Gasteiger partial charge in [-0.2, -0.15) is 0 Å². The molecule has 0 amide bonds. The molecule has 0 aromatic heterocycles. The maximum Gasteiger partial charge on any atom is 0.244 e. The molecule has 1 aromatic carbocycles. The van der Waals surface area contributed by atoms with Gasteiger partial charge >= 0.3 is 0 Å². The van der Waals surface area contributed by atoms with Crippen molar-refractivity contribution in [2.75, 3.05) is 20.1 Å². The third-order valence-electron chi connectivity index (χ3n) is 2.78. The number of hydrogen-bond acceptors (Lipinski definition) is 3. The van der Waals surface area contributed by atoms with Crippen LogP contribution in [0.25, 0.3) is 0 Å². The fraction of sp³-hybridized carbons (Fsp3) is 0.500. The number of benzene rings is 1. The van der Waals surface area contributed by atoms with Gasteiger partial charge < -0.3 is 5.73 Å². The van der Waals surface area contributed by atoms with E-state index in [4.69, 9.17) is 17.3 Å². The molecule has 0 aliphatic carbocycles. The van der Waals surface area contributed by atoms with Crippen molar-refractivity contribution in [2.45, 2.75) is 18.7 Å². The topological polar surface area (TPSA) is 63.4 Å². The molecule has 8 heteroatoms. The molecule has 0 radical (unpaired) electrons. The van der Waals surface area contributed by atoms with Crippen LogP contribution in [0.5, 0.6) is 0 Å².